The van der Waals surface area contributed by atoms with E-state index in [9.17, 15) is 4.79 Å². The van der Waals surface area contributed by atoms with Crippen molar-refractivity contribution in [3.8, 4) is 0 Å². The van der Waals surface area contributed by atoms with Gasteiger partial charge in [-0.25, -0.2) is 4.98 Å². The molecule has 1 heterocycles. The molecular weight excluding hydrogens is 258 g/mol. The second kappa shape index (κ2) is 6.48. The molecule has 0 saturated heterocycles. The number of nitrogens with zero attached hydrogens (tertiary/aromatic N) is 2. The zero-order valence-corrected chi connectivity index (χ0v) is 13.6. The molecule has 1 amide bonds. The molecule has 0 spiro atoms. The lowest BCUT2D eigenvalue weighted by atomic mass is 9.88. The maximum Gasteiger partial charge on any atom is 0.225 e. The highest BCUT2D eigenvalue weighted by Gasteiger charge is 2.20. The van der Waals surface area contributed by atoms with Gasteiger partial charge < -0.3 is 5.32 Å². The molecule has 0 aliphatic heterocycles. The van der Waals surface area contributed by atoms with Crippen LogP contribution in [-0.4, -0.2) is 23.5 Å². The van der Waals surface area contributed by atoms with E-state index in [1.54, 1.807) is 11.8 Å². The van der Waals surface area contributed by atoms with Gasteiger partial charge in [0.2, 0.25) is 5.91 Å². The van der Waals surface area contributed by atoms with Crippen molar-refractivity contribution >= 4 is 22.4 Å². The van der Waals surface area contributed by atoms with Crippen molar-refractivity contribution in [3.63, 3.8) is 0 Å². The van der Waals surface area contributed by atoms with Gasteiger partial charge in [0, 0.05) is 31.4 Å². The van der Waals surface area contributed by atoms with Crippen molar-refractivity contribution in [1.29, 1.82) is 0 Å². The molecule has 1 aromatic heterocycles. The van der Waals surface area contributed by atoms with Gasteiger partial charge in [0.05, 0.1) is 5.69 Å². The average Bonchev–Trinajstić information content (AvgIpc) is 2.73. The molecule has 1 unspecified atom stereocenters. The molecule has 0 fully saturated rings. The summed E-state index contributed by atoms with van der Waals surface area (Å²) in [7, 11) is 0. The Hall–Kier alpha value is -0.940. The van der Waals surface area contributed by atoms with Crippen molar-refractivity contribution in [2.75, 3.05) is 11.4 Å². The van der Waals surface area contributed by atoms with E-state index >= 15 is 0 Å². The lowest BCUT2D eigenvalue weighted by molar-refractivity contribution is -0.116. The number of hydrogen-bond donors (Lipinski definition) is 1. The normalized spacial score (nSPS) is 13.4. The van der Waals surface area contributed by atoms with E-state index in [0.29, 0.717) is 12.6 Å². The lowest BCUT2D eigenvalue weighted by Gasteiger charge is -2.27. The van der Waals surface area contributed by atoms with E-state index in [0.717, 1.165) is 17.4 Å². The summed E-state index contributed by atoms with van der Waals surface area (Å²) in [5, 5.41) is 6.28. The van der Waals surface area contributed by atoms with Crippen LogP contribution in [0.25, 0.3) is 0 Å². The van der Waals surface area contributed by atoms with Crippen LogP contribution in [0.3, 0.4) is 0 Å². The molecule has 1 atom stereocenters. The number of carbonyl (C=O) groups is 1. The number of anilines is 1. The third-order valence-electron chi connectivity index (χ3n) is 3.36. The highest BCUT2D eigenvalue weighted by molar-refractivity contribution is 7.14. The van der Waals surface area contributed by atoms with Crippen molar-refractivity contribution in [1.82, 2.24) is 10.3 Å². The van der Waals surface area contributed by atoms with Gasteiger partial charge in [-0.15, -0.1) is 11.3 Å². The van der Waals surface area contributed by atoms with E-state index in [1.807, 2.05) is 12.3 Å². The van der Waals surface area contributed by atoms with E-state index in [4.69, 9.17) is 0 Å². The molecule has 5 heteroatoms. The van der Waals surface area contributed by atoms with Gasteiger partial charge in [-0.1, -0.05) is 20.8 Å². The van der Waals surface area contributed by atoms with Crippen molar-refractivity contribution in [3.05, 3.63) is 11.1 Å². The summed E-state index contributed by atoms with van der Waals surface area (Å²) < 4.78 is 0. The van der Waals surface area contributed by atoms with Gasteiger partial charge in [0.1, 0.15) is 0 Å². The van der Waals surface area contributed by atoms with Gasteiger partial charge in [0.15, 0.2) is 5.13 Å². The van der Waals surface area contributed by atoms with Gasteiger partial charge in [-0.3, -0.25) is 9.69 Å². The van der Waals surface area contributed by atoms with Gasteiger partial charge in [0.25, 0.3) is 0 Å². The van der Waals surface area contributed by atoms with Crippen molar-refractivity contribution in [2.24, 2.45) is 5.41 Å². The standard InChI is InChI=1S/C14H25N3OS/c1-7-17(11(3)18)13-16-12(9-19-13)8-15-10(2)14(4,5)6/h9-10,15H,7-8H2,1-6H3. The minimum atomic E-state index is 0.0411. The Balaban J connectivity index is 2.63. The first kappa shape index (κ1) is 16.1. The first-order valence-corrected chi connectivity index (χ1v) is 7.59. The van der Waals surface area contributed by atoms with Crippen LogP contribution in [0.5, 0.6) is 0 Å². The maximum atomic E-state index is 11.5. The summed E-state index contributed by atoms with van der Waals surface area (Å²) in [5.74, 6) is 0.0411. The van der Waals surface area contributed by atoms with Crippen LogP contribution < -0.4 is 10.2 Å². The summed E-state index contributed by atoms with van der Waals surface area (Å²) in [4.78, 5) is 17.7. The van der Waals surface area contributed by atoms with Crippen LogP contribution in [0.2, 0.25) is 0 Å². The molecule has 1 N–H and O–H groups in total. The number of carbonyl (C=O) groups excluding carboxylic acids is 1. The van der Waals surface area contributed by atoms with Crippen LogP contribution >= 0.6 is 11.3 Å². The molecule has 0 saturated carbocycles. The highest BCUT2D eigenvalue weighted by atomic mass is 32.1. The fraction of sp³-hybridized carbons (Fsp3) is 0.714. The van der Waals surface area contributed by atoms with E-state index < -0.39 is 0 Å². The number of rotatable bonds is 5. The van der Waals surface area contributed by atoms with E-state index in [-0.39, 0.29) is 11.3 Å². The summed E-state index contributed by atoms with van der Waals surface area (Å²) in [6, 6.07) is 0.410. The zero-order chi connectivity index (χ0) is 14.6. The molecule has 0 radical (unpaired) electrons. The summed E-state index contributed by atoms with van der Waals surface area (Å²) in [5.41, 5.74) is 1.23. The molecule has 0 aliphatic rings. The molecule has 4 nitrogen and oxygen atoms in total. The van der Waals surface area contributed by atoms with E-state index in [2.05, 4.69) is 38.0 Å². The maximum absolute atomic E-state index is 11.5. The van der Waals surface area contributed by atoms with Gasteiger partial charge in [-0.05, 0) is 19.3 Å². The van der Waals surface area contributed by atoms with Crippen molar-refractivity contribution in [2.45, 2.75) is 54.1 Å². The fourth-order valence-corrected chi connectivity index (χ4v) is 2.49. The molecule has 108 valence electrons. The molecule has 19 heavy (non-hydrogen) atoms. The Labute approximate surface area is 120 Å². The second-order valence-corrected chi connectivity index (χ2v) is 6.69. The molecule has 0 bridgehead atoms. The first-order valence-electron chi connectivity index (χ1n) is 6.71. The smallest absolute Gasteiger partial charge is 0.225 e. The predicted molar refractivity (Wildman–Crippen MR) is 81.6 cm³/mol. The molecule has 1 aromatic rings. The first-order chi connectivity index (χ1) is 8.75. The summed E-state index contributed by atoms with van der Waals surface area (Å²) in [6.45, 7) is 13.8. The number of thiazole rings is 1. The molecular formula is C14H25N3OS. The van der Waals surface area contributed by atoms with Crippen molar-refractivity contribution < 1.29 is 4.79 Å². The summed E-state index contributed by atoms with van der Waals surface area (Å²) >= 11 is 1.52. The Morgan fingerprint density at radius 1 is 1.53 bits per heavy atom. The average molecular weight is 283 g/mol. The van der Waals surface area contributed by atoms with E-state index in [1.165, 1.54) is 11.3 Å². The SMILES string of the molecule is CCN(C(C)=O)c1nc(CNC(C)C(C)(C)C)cs1. The number of aromatic nitrogens is 1. The third kappa shape index (κ3) is 4.58. The Kier molecular flexibility index (Phi) is 5.50. The predicted octanol–water partition coefficient (Wildman–Crippen LogP) is 3.04. The molecule has 0 aromatic carbocycles. The second-order valence-electron chi connectivity index (χ2n) is 5.85. The Morgan fingerprint density at radius 2 is 2.16 bits per heavy atom. The van der Waals surface area contributed by atoms with Crippen LogP contribution in [-0.2, 0) is 11.3 Å². The largest absolute Gasteiger partial charge is 0.308 e. The topological polar surface area (TPSA) is 45.2 Å². The number of nitrogens with one attached hydrogen (secondary N) is 1. The third-order valence-corrected chi connectivity index (χ3v) is 4.27. The fourth-order valence-electron chi connectivity index (χ4n) is 1.56. The zero-order valence-electron chi connectivity index (χ0n) is 12.8. The molecule has 0 aliphatic carbocycles. The summed E-state index contributed by atoms with van der Waals surface area (Å²) in [6.07, 6.45) is 0. The Bertz CT molecular complexity index is 423. The van der Waals surface area contributed by atoms with Crippen LogP contribution in [0.1, 0.15) is 47.2 Å². The minimum absolute atomic E-state index is 0.0411. The monoisotopic (exact) mass is 283 g/mol. The van der Waals surface area contributed by atoms with Crippen LogP contribution in [0, 0.1) is 5.41 Å². The number of hydrogen-bond acceptors (Lipinski definition) is 4. The van der Waals surface area contributed by atoms with Gasteiger partial charge in [-0.2, -0.15) is 0 Å². The lowest BCUT2D eigenvalue weighted by Crippen LogP contribution is -2.37. The Morgan fingerprint density at radius 3 is 2.63 bits per heavy atom. The van der Waals surface area contributed by atoms with Crippen LogP contribution in [0.4, 0.5) is 5.13 Å². The van der Waals surface area contributed by atoms with Gasteiger partial charge >= 0.3 is 0 Å². The van der Waals surface area contributed by atoms with Crippen LogP contribution in [0.15, 0.2) is 5.38 Å². The highest BCUT2D eigenvalue weighted by Crippen LogP contribution is 2.22. The minimum Gasteiger partial charge on any atom is -0.308 e. The number of amides is 1. The molecule has 1 rings (SSSR count). The quantitative estimate of drug-likeness (QED) is 0.903.